The van der Waals surface area contributed by atoms with Gasteiger partial charge >= 0.3 is 0 Å². The molecule has 0 aromatic carbocycles. The molecule has 98 valence electrons. The molecule has 2 N–H and O–H groups in total. The van der Waals surface area contributed by atoms with E-state index in [0.29, 0.717) is 5.92 Å². The number of rotatable bonds is 8. The van der Waals surface area contributed by atoms with Crippen molar-refractivity contribution in [1.82, 2.24) is 4.90 Å². The maximum Gasteiger partial charge on any atom is 0.0306 e. The van der Waals surface area contributed by atoms with Crippen LogP contribution in [0.1, 0.15) is 54.4 Å². The lowest BCUT2D eigenvalue weighted by Gasteiger charge is -2.42. The summed E-state index contributed by atoms with van der Waals surface area (Å²) in [4.78, 5) is 2.57. The van der Waals surface area contributed by atoms with Gasteiger partial charge in [0.05, 0.1) is 0 Å². The van der Waals surface area contributed by atoms with E-state index >= 15 is 0 Å². The molecule has 0 aromatic heterocycles. The third-order valence-corrected chi connectivity index (χ3v) is 3.66. The smallest absolute Gasteiger partial charge is 0.0306 e. The lowest BCUT2D eigenvalue weighted by atomic mass is 9.88. The summed E-state index contributed by atoms with van der Waals surface area (Å²) < 4.78 is 0. The first-order valence-electron chi connectivity index (χ1n) is 6.84. The summed E-state index contributed by atoms with van der Waals surface area (Å²) in [7, 11) is 0. The Bertz CT molecular complexity index is 180. The van der Waals surface area contributed by atoms with Gasteiger partial charge in [0, 0.05) is 18.6 Å². The minimum absolute atomic E-state index is 0.173. The standard InChI is InChI=1S/C14H32N2/c1-7-13(5)10-16(8-2)14(6,11-15)9-12(3)4/h12-13H,7-11,15H2,1-6H3. The number of hydrogen-bond donors (Lipinski definition) is 1. The van der Waals surface area contributed by atoms with Gasteiger partial charge < -0.3 is 5.73 Å². The molecule has 0 aliphatic rings. The molecule has 2 heteroatoms. The van der Waals surface area contributed by atoms with E-state index in [1.54, 1.807) is 0 Å². The molecular formula is C14H32N2. The first-order valence-corrected chi connectivity index (χ1v) is 6.84. The molecule has 2 nitrogen and oxygen atoms in total. The summed E-state index contributed by atoms with van der Waals surface area (Å²) in [5.74, 6) is 1.47. The molecule has 0 spiro atoms. The van der Waals surface area contributed by atoms with Crippen LogP contribution in [0.15, 0.2) is 0 Å². The van der Waals surface area contributed by atoms with Crippen molar-refractivity contribution < 1.29 is 0 Å². The highest BCUT2D eigenvalue weighted by Gasteiger charge is 2.30. The average molecular weight is 228 g/mol. The van der Waals surface area contributed by atoms with E-state index in [-0.39, 0.29) is 5.54 Å². The molecule has 0 fully saturated rings. The van der Waals surface area contributed by atoms with Crippen molar-refractivity contribution in [2.24, 2.45) is 17.6 Å². The number of nitrogens with zero attached hydrogens (tertiary/aromatic N) is 1. The summed E-state index contributed by atoms with van der Waals surface area (Å²) in [5.41, 5.74) is 6.18. The molecular weight excluding hydrogens is 196 g/mol. The van der Waals surface area contributed by atoms with Gasteiger partial charge in [-0.2, -0.15) is 0 Å². The zero-order chi connectivity index (χ0) is 12.8. The Kier molecular flexibility index (Phi) is 7.25. The SMILES string of the molecule is CCC(C)CN(CC)C(C)(CN)CC(C)C. The molecule has 0 saturated heterocycles. The topological polar surface area (TPSA) is 29.3 Å². The molecule has 0 saturated carbocycles. The highest BCUT2D eigenvalue weighted by Crippen LogP contribution is 2.24. The second-order valence-corrected chi connectivity index (χ2v) is 5.85. The molecule has 16 heavy (non-hydrogen) atoms. The van der Waals surface area contributed by atoms with Gasteiger partial charge in [0.2, 0.25) is 0 Å². The van der Waals surface area contributed by atoms with E-state index < -0.39 is 0 Å². The molecule has 2 atom stereocenters. The van der Waals surface area contributed by atoms with Gasteiger partial charge in [-0.3, -0.25) is 4.90 Å². The van der Waals surface area contributed by atoms with E-state index in [1.807, 2.05) is 0 Å². The molecule has 0 aliphatic carbocycles. The summed E-state index contributed by atoms with van der Waals surface area (Å²) in [5, 5.41) is 0. The minimum atomic E-state index is 0.173. The van der Waals surface area contributed by atoms with Crippen LogP contribution in [0, 0.1) is 11.8 Å². The highest BCUT2D eigenvalue weighted by atomic mass is 15.2. The fourth-order valence-electron chi connectivity index (χ4n) is 2.46. The fraction of sp³-hybridized carbons (Fsp3) is 1.00. The predicted molar refractivity (Wildman–Crippen MR) is 73.6 cm³/mol. The van der Waals surface area contributed by atoms with E-state index in [0.717, 1.165) is 19.0 Å². The lowest BCUT2D eigenvalue weighted by Crippen LogP contribution is -2.53. The Morgan fingerprint density at radius 1 is 1.19 bits per heavy atom. The maximum absolute atomic E-state index is 6.01. The zero-order valence-corrected chi connectivity index (χ0v) is 12.2. The van der Waals surface area contributed by atoms with Crippen LogP contribution >= 0.6 is 0 Å². The van der Waals surface area contributed by atoms with Gasteiger partial charge in [0.15, 0.2) is 0 Å². The summed E-state index contributed by atoms with van der Waals surface area (Å²) in [6.45, 7) is 16.8. The van der Waals surface area contributed by atoms with Crippen molar-refractivity contribution in [2.75, 3.05) is 19.6 Å². The summed E-state index contributed by atoms with van der Waals surface area (Å²) in [6.07, 6.45) is 2.44. The second-order valence-electron chi connectivity index (χ2n) is 5.85. The van der Waals surface area contributed by atoms with E-state index in [4.69, 9.17) is 5.73 Å². The van der Waals surface area contributed by atoms with Crippen LogP contribution in [-0.4, -0.2) is 30.1 Å². The van der Waals surface area contributed by atoms with Crippen LogP contribution in [-0.2, 0) is 0 Å². The van der Waals surface area contributed by atoms with E-state index in [2.05, 4.69) is 46.4 Å². The Hall–Kier alpha value is -0.0800. The average Bonchev–Trinajstić information content (AvgIpc) is 2.24. The predicted octanol–water partition coefficient (Wildman–Crippen LogP) is 3.12. The van der Waals surface area contributed by atoms with Gasteiger partial charge in [0.25, 0.3) is 0 Å². The van der Waals surface area contributed by atoms with Crippen LogP contribution < -0.4 is 5.73 Å². The van der Waals surface area contributed by atoms with Crippen molar-refractivity contribution in [1.29, 1.82) is 0 Å². The third kappa shape index (κ3) is 4.84. The number of hydrogen-bond acceptors (Lipinski definition) is 2. The molecule has 0 rings (SSSR count). The second kappa shape index (κ2) is 7.29. The van der Waals surface area contributed by atoms with Gasteiger partial charge in [-0.15, -0.1) is 0 Å². The molecule has 2 unspecified atom stereocenters. The molecule has 0 radical (unpaired) electrons. The quantitative estimate of drug-likeness (QED) is 0.691. The van der Waals surface area contributed by atoms with Crippen molar-refractivity contribution in [3.63, 3.8) is 0 Å². The molecule has 0 aliphatic heterocycles. The zero-order valence-electron chi connectivity index (χ0n) is 12.2. The maximum atomic E-state index is 6.01. The van der Waals surface area contributed by atoms with Crippen molar-refractivity contribution in [3.05, 3.63) is 0 Å². The van der Waals surface area contributed by atoms with Crippen LogP contribution in [0.3, 0.4) is 0 Å². The Balaban J connectivity index is 4.59. The molecule has 0 aromatic rings. The minimum Gasteiger partial charge on any atom is -0.329 e. The fourth-order valence-corrected chi connectivity index (χ4v) is 2.46. The summed E-state index contributed by atoms with van der Waals surface area (Å²) >= 11 is 0. The monoisotopic (exact) mass is 228 g/mol. The van der Waals surface area contributed by atoms with E-state index in [9.17, 15) is 0 Å². The molecule has 0 amide bonds. The lowest BCUT2D eigenvalue weighted by molar-refractivity contribution is 0.0789. The van der Waals surface area contributed by atoms with Crippen LogP contribution in [0.4, 0.5) is 0 Å². The molecule has 0 heterocycles. The first kappa shape index (κ1) is 15.9. The highest BCUT2D eigenvalue weighted by molar-refractivity contribution is 4.88. The third-order valence-electron chi connectivity index (χ3n) is 3.66. The summed E-state index contributed by atoms with van der Waals surface area (Å²) in [6, 6.07) is 0. The largest absolute Gasteiger partial charge is 0.329 e. The van der Waals surface area contributed by atoms with Gasteiger partial charge in [-0.1, -0.05) is 41.0 Å². The number of likely N-dealkylation sites (N-methyl/N-ethyl adjacent to an activating group) is 1. The van der Waals surface area contributed by atoms with Crippen molar-refractivity contribution >= 4 is 0 Å². The van der Waals surface area contributed by atoms with E-state index in [1.165, 1.54) is 19.4 Å². The normalized spacial score (nSPS) is 17.8. The van der Waals surface area contributed by atoms with Gasteiger partial charge in [-0.05, 0) is 31.7 Å². The van der Waals surface area contributed by atoms with Crippen LogP contribution in [0.25, 0.3) is 0 Å². The number of nitrogens with two attached hydrogens (primary N) is 1. The van der Waals surface area contributed by atoms with Crippen molar-refractivity contribution in [2.45, 2.75) is 59.9 Å². The van der Waals surface area contributed by atoms with Crippen LogP contribution in [0.5, 0.6) is 0 Å². The van der Waals surface area contributed by atoms with Crippen LogP contribution in [0.2, 0.25) is 0 Å². The Morgan fingerprint density at radius 3 is 2.06 bits per heavy atom. The Labute approximate surface area is 103 Å². The molecule has 0 bridgehead atoms. The Morgan fingerprint density at radius 2 is 1.75 bits per heavy atom. The van der Waals surface area contributed by atoms with Gasteiger partial charge in [0.1, 0.15) is 0 Å². The van der Waals surface area contributed by atoms with Crippen molar-refractivity contribution in [3.8, 4) is 0 Å². The first-order chi connectivity index (χ1) is 7.39. The van der Waals surface area contributed by atoms with Gasteiger partial charge in [-0.25, -0.2) is 0 Å².